The second-order valence-electron chi connectivity index (χ2n) is 7.38. The molecule has 0 aliphatic carbocycles. The molecule has 1 unspecified atom stereocenters. The largest absolute Gasteiger partial charge is 0.450 e. The van der Waals surface area contributed by atoms with Crippen molar-refractivity contribution in [2.75, 3.05) is 4.90 Å². The van der Waals surface area contributed by atoms with Crippen molar-refractivity contribution in [1.29, 1.82) is 0 Å². The van der Waals surface area contributed by atoms with Gasteiger partial charge in [0.1, 0.15) is 11.4 Å². The van der Waals surface area contributed by atoms with E-state index in [1.807, 2.05) is 6.92 Å². The van der Waals surface area contributed by atoms with Crippen LogP contribution in [0.5, 0.6) is 0 Å². The third-order valence-electron chi connectivity index (χ3n) is 5.45. The van der Waals surface area contributed by atoms with Crippen molar-refractivity contribution in [3.63, 3.8) is 0 Å². The Morgan fingerprint density at radius 3 is 2.42 bits per heavy atom. The lowest BCUT2D eigenvalue weighted by molar-refractivity contribution is 0.0971. The number of benzene rings is 3. The number of aryl methyl sites for hydroxylation is 1. The number of amides is 1. The second kappa shape index (κ2) is 7.22. The number of nitrogens with zero attached hydrogens (tertiary/aromatic N) is 1. The number of halogens is 3. The SMILES string of the molecule is Cc1ccc(N2C(=O)c3oc4ccc(F)cc4c(=O)c3C2c2ccc(Cl)cc2)cc1Cl. The summed E-state index contributed by atoms with van der Waals surface area (Å²) in [5.41, 5.74) is 1.88. The summed E-state index contributed by atoms with van der Waals surface area (Å²) in [6.07, 6.45) is 0. The normalized spacial score (nSPS) is 15.5. The van der Waals surface area contributed by atoms with E-state index in [9.17, 15) is 14.0 Å². The molecule has 2 heterocycles. The highest BCUT2D eigenvalue weighted by molar-refractivity contribution is 6.31. The van der Waals surface area contributed by atoms with Gasteiger partial charge in [0.2, 0.25) is 5.76 Å². The molecule has 0 saturated carbocycles. The van der Waals surface area contributed by atoms with Crippen LogP contribution in [0.25, 0.3) is 11.0 Å². The number of fused-ring (bicyclic) bond motifs is 2. The second-order valence-corrected chi connectivity index (χ2v) is 8.22. The Bertz CT molecular complexity index is 1430. The molecule has 0 saturated heterocycles. The van der Waals surface area contributed by atoms with E-state index >= 15 is 0 Å². The topological polar surface area (TPSA) is 50.5 Å². The maximum atomic E-state index is 13.8. The zero-order chi connectivity index (χ0) is 21.9. The predicted octanol–water partition coefficient (Wildman–Crippen LogP) is 6.30. The lowest BCUT2D eigenvalue weighted by atomic mass is 9.98. The zero-order valence-electron chi connectivity index (χ0n) is 16.2. The molecule has 31 heavy (non-hydrogen) atoms. The number of hydrogen-bond donors (Lipinski definition) is 0. The minimum absolute atomic E-state index is 0.0687. The van der Waals surface area contributed by atoms with E-state index in [2.05, 4.69) is 0 Å². The molecule has 0 bridgehead atoms. The van der Waals surface area contributed by atoms with Gasteiger partial charge in [0.25, 0.3) is 5.91 Å². The van der Waals surface area contributed by atoms with E-state index in [4.69, 9.17) is 27.6 Å². The highest BCUT2D eigenvalue weighted by atomic mass is 35.5. The van der Waals surface area contributed by atoms with Gasteiger partial charge in [-0.1, -0.05) is 41.4 Å². The van der Waals surface area contributed by atoms with Gasteiger partial charge in [0.15, 0.2) is 5.43 Å². The number of carbonyl (C=O) groups excluding carboxylic acids is 1. The van der Waals surface area contributed by atoms with Gasteiger partial charge in [-0.3, -0.25) is 14.5 Å². The molecule has 5 rings (SSSR count). The molecule has 0 spiro atoms. The van der Waals surface area contributed by atoms with Crippen LogP contribution < -0.4 is 10.3 Å². The van der Waals surface area contributed by atoms with Gasteiger partial charge in [-0.05, 0) is 60.5 Å². The van der Waals surface area contributed by atoms with Crippen LogP contribution in [0.15, 0.2) is 69.9 Å². The van der Waals surface area contributed by atoms with Crippen molar-refractivity contribution in [2.24, 2.45) is 0 Å². The summed E-state index contributed by atoms with van der Waals surface area (Å²) < 4.78 is 19.7. The fourth-order valence-electron chi connectivity index (χ4n) is 3.90. The molecule has 1 aliphatic heterocycles. The molecule has 1 amide bonds. The summed E-state index contributed by atoms with van der Waals surface area (Å²) >= 11 is 12.4. The van der Waals surface area contributed by atoms with Crippen LogP contribution in [0.1, 0.15) is 33.3 Å². The molecular formula is C24H14Cl2FNO3. The third kappa shape index (κ3) is 3.12. The first-order valence-electron chi connectivity index (χ1n) is 9.46. The maximum absolute atomic E-state index is 13.8. The smallest absolute Gasteiger partial charge is 0.295 e. The summed E-state index contributed by atoms with van der Waals surface area (Å²) in [4.78, 5) is 28.3. The van der Waals surface area contributed by atoms with Crippen molar-refractivity contribution in [1.82, 2.24) is 0 Å². The van der Waals surface area contributed by atoms with E-state index < -0.39 is 23.2 Å². The number of anilines is 1. The first-order chi connectivity index (χ1) is 14.8. The van der Waals surface area contributed by atoms with Crippen LogP contribution in [0.4, 0.5) is 10.1 Å². The van der Waals surface area contributed by atoms with E-state index in [0.29, 0.717) is 21.3 Å². The predicted molar refractivity (Wildman–Crippen MR) is 119 cm³/mol. The first-order valence-corrected chi connectivity index (χ1v) is 10.2. The molecule has 1 atom stereocenters. The molecular weight excluding hydrogens is 440 g/mol. The Kier molecular flexibility index (Phi) is 4.61. The monoisotopic (exact) mass is 453 g/mol. The molecule has 4 aromatic rings. The Morgan fingerprint density at radius 2 is 1.71 bits per heavy atom. The highest BCUT2D eigenvalue weighted by Crippen LogP contribution is 2.42. The Hall–Kier alpha value is -3.15. The van der Waals surface area contributed by atoms with Crippen LogP contribution in [-0.4, -0.2) is 5.91 Å². The molecule has 1 aliphatic rings. The molecule has 4 nitrogen and oxygen atoms in total. The fourth-order valence-corrected chi connectivity index (χ4v) is 4.20. The lowest BCUT2D eigenvalue weighted by Gasteiger charge is -2.25. The molecule has 7 heteroatoms. The van der Waals surface area contributed by atoms with E-state index in [0.717, 1.165) is 11.6 Å². The molecule has 0 N–H and O–H groups in total. The van der Waals surface area contributed by atoms with Crippen LogP contribution in [-0.2, 0) is 0 Å². The average molecular weight is 454 g/mol. The first kappa shape index (κ1) is 19.8. The lowest BCUT2D eigenvalue weighted by Crippen LogP contribution is -2.29. The van der Waals surface area contributed by atoms with E-state index in [-0.39, 0.29) is 22.3 Å². The molecule has 1 aromatic heterocycles. The van der Waals surface area contributed by atoms with Crippen molar-refractivity contribution in [3.05, 3.63) is 109 Å². The van der Waals surface area contributed by atoms with Gasteiger partial charge >= 0.3 is 0 Å². The van der Waals surface area contributed by atoms with Crippen LogP contribution in [0.3, 0.4) is 0 Å². The fraction of sp³-hybridized carbons (Fsp3) is 0.0833. The Labute approximate surface area is 186 Å². The van der Waals surface area contributed by atoms with E-state index in [1.165, 1.54) is 17.0 Å². The molecule has 0 fully saturated rings. The van der Waals surface area contributed by atoms with Gasteiger partial charge in [-0.2, -0.15) is 0 Å². The zero-order valence-corrected chi connectivity index (χ0v) is 17.7. The van der Waals surface area contributed by atoms with Crippen molar-refractivity contribution in [3.8, 4) is 0 Å². The van der Waals surface area contributed by atoms with E-state index in [1.54, 1.807) is 42.5 Å². The van der Waals surface area contributed by atoms with Crippen LogP contribution in [0, 0.1) is 12.7 Å². The van der Waals surface area contributed by atoms with Gasteiger partial charge < -0.3 is 4.42 Å². The number of carbonyl (C=O) groups is 1. The summed E-state index contributed by atoms with van der Waals surface area (Å²) in [6, 6.07) is 15.0. The Morgan fingerprint density at radius 1 is 0.968 bits per heavy atom. The third-order valence-corrected chi connectivity index (χ3v) is 6.11. The molecule has 154 valence electrons. The molecule has 0 radical (unpaired) electrons. The minimum atomic E-state index is -0.776. The molecule has 3 aromatic carbocycles. The van der Waals surface area contributed by atoms with Crippen LogP contribution in [0.2, 0.25) is 10.0 Å². The summed E-state index contributed by atoms with van der Waals surface area (Å²) in [6.45, 7) is 1.86. The van der Waals surface area contributed by atoms with Crippen molar-refractivity contribution >= 4 is 45.8 Å². The number of rotatable bonds is 2. The average Bonchev–Trinajstić information content (AvgIpc) is 3.04. The quantitative estimate of drug-likeness (QED) is 0.357. The van der Waals surface area contributed by atoms with Crippen LogP contribution >= 0.6 is 23.2 Å². The van der Waals surface area contributed by atoms with Gasteiger partial charge in [-0.25, -0.2) is 4.39 Å². The van der Waals surface area contributed by atoms with Gasteiger partial charge in [-0.15, -0.1) is 0 Å². The van der Waals surface area contributed by atoms with Crippen molar-refractivity contribution < 1.29 is 13.6 Å². The van der Waals surface area contributed by atoms with Gasteiger partial charge in [0.05, 0.1) is 17.0 Å². The van der Waals surface area contributed by atoms with Crippen molar-refractivity contribution in [2.45, 2.75) is 13.0 Å². The summed E-state index contributed by atoms with van der Waals surface area (Å²) in [5.74, 6) is -1.10. The van der Waals surface area contributed by atoms with Gasteiger partial charge in [0, 0.05) is 15.7 Å². The summed E-state index contributed by atoms with van der Waals surface area (Å²) in [7, 11) is 0. The highest BCUT2D eigenvalue weighted by Gasteiger charge is 2.43. The standard InChI is InChI=1S/C24H14Cl2FNO3/c1-12-2-8-16(11-18(12)26)28-21(13-3-5-14(25)6-4-13)20-22(29)17-10-15(27)7-9-19(17)31-23(20)24(28)30/h2-11,21H,1H3. The Balaban J connectivity index is 1.82. The number of hydrogen-bond acceptors (Lipinski definition) is 3. The summed E-state index contributed by atoms with van der Waals surface area (Å²) in [5, 5.41) is 1.09. The maximum Gasteiger partial charge on any atom is 0.295 e. The minimum Gasteiger partial charge on any atom is -0.450 e.